The zero-order chi connectivity index (χ0) is 21.5. The van der Waals surface area contributed by atoms with Gasteiger partial charge in [-0.3, -0.25) is 9.69 Å². The molecule has 0 saturated carbocycles. The third-order valence-electron chi connectivity index (χ3n) is 4.79. The zero-order valence-corrected chi connectivity index (χ0v) is 17.7. The molecule has 0 spiro atoms. The van der Waals surface area contributed by atoms with Gasteiger partial charge in [0, 0.05) is 19.6 Å². The average Bonchev–Trinajstić information content (AvgIpc) is 3.18. The summed E-state index contributed by atoms with van der Waals surface area (Å²) in [5, 5.41) is 2.85. The number of hydrogen-bond acceptors (Lipinski definition) is 4. The van der Waals surface area contributed by atoms with Crippen LogP contribution in [0, 0.1) is 18.7 Å². The van der Waals surface area contributed by atoms with Crippen LogP contribution in [-0.2, 0) is 19.6 Å². The third-order valence-corrected chi connectivity index (χ3v) is 4.79. The second-order valence-corrected chi connectivity index (χ2v) is 7.93. The minimum atomic E-state index is -0.256. The van der Waals surface area contributed by atoms with Gasteiger partial charge >= 0.3 is 0 Å². The summed E-state index contributed by atoms with van der Waals surface area (Å²) in [4.78, 5) is 18.8. The van der Waals surface area contributed by atoms with Gasteiger partial charge in [-0.25, -0.2) is 9.37 Å². The fourth-order valence-electron chi connectivity index (χ4n) is 3.11. The van der Waals surface area contributed by atoms with Gasteiger partial charge in [-0.05, 0) is 41.7 Å². The highest BCUT2D eigenvalue weighted by atomic mass is 19.1. The Morgan fingerprint density at radius 2 is 1.83 bits per heavy atom. The predicted octanol–water partition coefficient (Wildman–Crippen LogP) is 4.71. The van der Waals surface area contributed by atoms with Crippen molar-refractivity contribution in [1.82, 2.24) is 15.2 Å². The molecule has 0 saturated heterocycles. The summed E-state index contributed by atoms with van der Waals surface area (Å²) in [6.07, 6.45) is 1.40. The number of oxazole rings is 1. The highest BCUT2D eigenvalue weighted by Crippen LogP contribution is 2.17. The molecule has 0 fully saturated rings. The van der Waals surface area contributed by atoms with Crippen molar-refractivity contribution in [2.45, 2.75) is 40.4 Å². The standard InChI is InChI=1S/C24H28FN3O2/c1-17(2)12-26-24(29)22-16-30-23(27-22)15-28(13-19-8-10-21(25)11-9-19)14-20-7-5-4-6-18(20)3/h4-11,16-17H,12-15H2,1-3H3,(H,26,29). The smallest absolute Gasteiger partial charge is 0.273 e. The van der Waals surface area contributed by atoms with Gasteiger partial charge < -0.3 is 9.73 Å². The third kappa shape index (κ3) is 6.26. The summed E-state index contributed by atoms with van der Waals surface area (Å²) in [6, 6.07) is 14.7. The van der Waals surface area contributed by atoms with Crippen molar-refractivity contribution in [3.05, 3.63) is 88.9 Å². The predicted molar refractivity (Wildman–Crippen MR) is 114 cm³/mol. The summed E-state index contributed by atoms with van der Waals surface area (Å²) >= 11 is 0. The van der Waals surface area contributed by atoms with Crippen molar-refractivity contribution in [3.8, 4) is 0 Å². The van der Waals surface area contributed by atoms with Crippen molar-refractivity contribution in [3.63, 3.8) is 0 Å². The topological polar surface area (TPSA) is 58.4 Å². The van der Waals surface area contributed by atoms with Crippen LogP contribution in [-0.4, -0.2) is 22.3 Å². The Balaban J connectivity index is 1.74. The van der Waals surface area contributed by atoms with Crippen LogP contribution in [0.4, 0.5) is 4.39 Å². The lowest BCUT2D eigenvalue weighted by atomic mass is 10.1. The van der Waals surface area contributed by atoms with Crippen LogP contribution >= 0.6 is 0 Å². The van der Waals surface area contributed by atoms with E-state index in [-0.39, 0.29) is 17.4 Å². The molecule has 30 heavy (non-hydrogen) atoms. The van der Waals surface area contributed by atoms with Gasteiger partial charge in [-0.1, -0.05) is 50.2 Å². The Bertz CT molecular complexity index is 967. The number of amides is 1. The highest BCUT2D eigenvalue weighted by molar-refractivity contribution is 5.91. The van der Waals surface area contributed by atoms with Crippen molar-refractivity contribution in [2.24, 2.45) is 5.92 Å². The summed E-state index contributed by atoms with van der Waals surface area (Å²) in [6.45, 7) is 8.45. The SMILES string of the molecule is Cc1ccccc1CN(Cc1ccc(F)cc1)Cc1nc(C(=O)NCC(C)C)co1. The van der Waals surface area contributed by atoms with E-state index in [2.05, 4.69) is 34.3 Å². The molecule has 5 nitrogen and oxygen atoms in total. The molecular weight excluding hydrogens is 381 g/mol. The lowest BCUT2D eigenvalue weighted by Crippen LogP contribution is -2.27. The quantitative estimate of drug-likeness (QED) is 0.556. The average molecular weight is 410 g/mol. The molecule has 3 rings (SSSR count). The van der Waals surface area contributed by atoms with E-state index in [1.165, 1.54) is 29.5 Å². The first-order chi connectivity index (χ1) is 14.4. The van der Waals surface area contributed by atoms with E-state index >= 15 is 0 Å². The first-order valence-corrected chi connectivity index (χ1v) is 10.1. The Morgan fingerprint density at radius 1 is 1.10 bits per heavy atom. The Morgan fingerprint density at radius 3 is 2.53 bits per heavy atom. The number of carbonyl (C=O) groups is 1. The maximum absolute atomic E-state index is 13.3. The fourth-order valence-corrected chi connectivity index (χ4v) is 3.11. The Labute approximate surface area is 176 Å². The lowest BCUT2D eigenvalue weighted by molar-refractivity contribution is 0.0944. The second kappa shape index (κ2) is 10.2. The zero-order valence-electron chi connectivity index (χ0n) is 17.7. The number of nitrogens with one attached hydrogen (secondary N) is 1. The van der Waals surface area contributed by atoms with Gasteiger partial charge in [0.15, 0.2) is 5.69 Å². The van der Waals surface area contributed by atoms with E-state index in [0.29, 0.717) is 38.0 Å². The first kappa shape index (κ1) is 21.7. The van der Waals surface area contributed by atoms with Crippen LogP contribution in [0.2, 0.25) is 0 Å². The van der Waals surface area contributed by atoms with Crippen LogP contribution in [0.1, 0.15) is 46.9 Å². The largest absolute Gasteiger partial charge is 0.447 e. The number of aromatic nitrogens is 1. The summed E-state index contributed by atoms with van der Waals surface area (Å²) in [5.74, 6) is 0.345. The molecule has 0 radical (unpaired) electrons. The van der Waals surface area contributed by atoms with Crippen LogP contribution in [0.3, 0.4) is 0 Å². The maximum Gasteiger partial charge on any atom is 0.273 e. The van der Waals surface area contributed by atoms with Gasteiger partial charge in [0.1, 0.15) is 12.1 Å². The Hall–Kier alpha value is -2.99. The molecule has 1 heterocycles. The minimum Gasteiger partial charge on any atom is -0.447 e. The molecule has 1 aromatic heterocycles. The molecule has 0 aliphatic heterocycles. The molecule has 0 unspecified atom stereocenters. The molecule has 0 atom stereocenters. The van der Waals surface area contributed by atoms with Crippen LogP contribution in [0.15, 0.2) is 59.2 Å². The number of rotatable bonds is 9. The van der Waals surface area contributed by atoms with Gasteiger partial charge in [-0.2, -0.15) is 0 Å². The molecule has 0 bridgehead atoms. The fraction of sp³-hybridized carbons (Fsp3) is 0.333. The van der Waals surface area contributed by atoms with Crippen molar-refractivity contribution in [2.75, 3.05) is 6.54 Å². The van der Waals surface area contributed by atoms with E-state index in [4.69, 9.17) is 4.42 Å². The molecule has 0 aliphatic rings. The molecule has 0 aliphatic carbocycles. The van der Waals surface area contributed by atoms with Gasteiger partial charge in [0.05, 0.1) is 6.54 Å². The molecule has 158 valence electrons. The summed E-state index contributed by atoms with van der Waals surface area (Å²) in [7, 11) is 0. The van der Waals surface area contributed by atoms with Crippen molar-refractivity contribution in [1.29, 1.82) is 0 Å². The van der Waals surface area contributed by atoms with E-state index < -0.39 is 0 Å². The number of aryl methyl sites for hydroxylation is 1. The van der Waals surface area contributed by atoms with Gasteiger partial charge in [-0.15, -0.1) is 0 Å². The number of nitrogens with zero attached hydrogens (tertiary/aromatic N) is 2. The first-order valence-electron chi connectivity index (χ1n) is 10.1. The van der Waals surface area contributed by atoms with Crippen LogP contribution in [0.25, 0.3) is 0 Å². The molecule has 6 heteroatoms. The van der Waals surface area contributed by atoms with Gasteiger partial charge in [0.25, 0.3) is 5.91 Å². The van der Waals surface area contributed by atoms with Crippen molar-refractivity contribution >= 4 is 5.91 Å². The minimum absolute atomic E-state index is 0.234. The molecule has 3 aromatic rings. The second-order valence-electron chi connectivity index (χ2n) is 7.93. The monoisotopic (exact) mass is 409 g/mol. The van der Waals surface area contributed by atoms with Crippen LogP contribution in [0.5, 0.6) is 0 Å². The maximum atomic E-state index is 13.3. The van der Waals surface area contributed by atoms with E-state index in [1.807, 2.05) is 26.0 Å². The van der Waals surface area contributed by atoms with E-state index in [1.54, 1.807) is 12.1 Å². The molecule has 1 amide bonds. The van der Waals surface area contributed by atoms with Crippen LogP contribution < -0.4 is 5.32 Å². The highest BCUT2D eigenvalue weighted by Gasteiger charge is 2.16. The summed E-state index contributed by atoms with van der Waals surface area (Å²) < 4.78 is 18.9. The molecule has 2 aromatic carbocycles. The number of halogens is 1. The molecular formula is C24H28FN3O2. The number of hydrogen-bond donors (Lipinski definition) is 1. The normalized spacial score (nSPS) is 11.3. The van der Waals surface area contributed by atoms with E-state index in [0.717, 1.165) is 5.56 Å². The Kier molecular flexibility index (Phi) is 7.36. The summed E-state index contributed by atoms with van der Waals surface area (Å²) in [5.41, 5.74) is 3.67. The van der Waals surface area contributed by atoms with E-state index in [9.17, 15) is 9.18 Å². The molecule has 1 N–H and O–H groups in total. The van der Waals surface area contributed by atoms with Gasteiger partial charge in [0.2, 0.25) is 5.89 Å². The van der Waals surface area contributed by atoms with Crippen molar-refractivity contribution < 1.29 is 13.6 Å². The lowest BCUT2D eigenvalue weighted by Gasteiger charge is -2.22. The number of carbonyl (C=O) groups excluding carboxylic acids is 1. The number of benzene rings is 2.